The molecule has 2 aliphatic rings. The summed E-state index contributed by atoms with van der Waals surface area (Å²) in [5.74, 6) is 3.59. The average Bonchev–Trinajstić information content (AvgIpc) is 3.24. The SMILES string of the molecule is Cc1cnn(C)c1-c1ccc(NCCC2C[C@H]3CNC[C@H]3C2)nn1. The maximum Gasteiger partial charge on any atom is 0.148 e. The number of aryl methyl sites for hydroxylation is 2. The summed E-state index contributed by atoms with van der Waals surface area (Å²) in [6.07, 6.45) is 5.88. The Balaban J connectivity index is 1.30. The van der Waals surface area contributed by atoms with Crippen molar-refractivity contribution in [3.8, 4) is 11.4 Å². The van der Waals surface area contributed by atoms with E-state index in [1.807, 2.05) is 37.0 Å². The molecule has 6 nitrogen and oxygen atoms in total. The molecule has 6 heteroatoms. The number of hydrogen-bond donors (Lipinski definition) is 2. The summed E-state index contributed by atoms with van der Waals surface area (Å²) in [5.41, 5.74) is 3.02. The molecular weight excluding hydrogens is 300 g/mol. The van der Waals surface area contributed by atoms with E-state index in [9.17, 15) is 0 Å². The molecule has 0 radical (unpaired) electrons. The number of fused-ring (bicyclic) bond motifs is 1. The third-order valence-corrected chi connectivity index (χ3v) is 5.64. The minimum atomic E-state index is 0.860. The van der Waals surface area contributed by atoms with Crippen LogP contribution in [0, 0.1) is 24.7 Å². The van der Waals surface area contributed by atoms with Crippen LogP contribution in [0.5, 0.6) is 0 Å². The van der Waals surface area contributed by atoms with Crippen LogP contribution >= 0.6 is 0 Å². The predicted molar refractivity (Wildman–Crippen MR) is 94.7 cm³/mol. The zero-order valence-electron chi connectivity index (χ0n) is 14.5. The van der Waals surface area contributed by atoms with Gasteiger partial charge in [-0.1, -0.05) is 0 Å². The van der Waals surface area contributed by atoms with Gasteiger partial charge in [0, 0.05) is 13.6 Å². The number of nitrogens with zero attached hydrogens (tertiary/aromatic N) is 4. The zero-order chi connectivity index (χ0) is 16.5. The number of nitrogens with one attached hydrogen (secondary N) is 2. The molecule has 0 spiro atoms. The van der Waals surface area contributed by atoms with Crippen molar-refractivity contribution in [3.05, 3.63) is 23.9 Å². The van der Waals surface area contributed by atoms with Crippen LogP contribution in [0.15, 0.2) is 18.3 Å². The van der Waals surface area contributed by atoms with Crippen LogP contribution in [0.3, 0.4) is 0 Å². The molecule has 3 atom stereocenters. The minimum absolute atomic E-state index is 0.860. The molecule has 1 unspecified atom stereocenters. The van der Waals surface area contributed by atoms with E-state index in [0.717, 1.165) is 47.1 Å². The van der Waals surface area contributed by atoms with Crippen LogP contribution in [0.4, 0.5) is 5.82 Å². The van der Waals surface area contributed by atoms with Crippen molar-refractivity contribution >= 4 is 5.82 Å². The van der Waals surface area contributed by atoms with E-state index in [0.29, 0.717) is 0 Å². The molecule has 24 heavy (non-hydrogen) atoms. The Morgan fingerprint density at radius 3 is 2.62 bits per heavy atom. The molecule has 0 bridgehead atoms. The molecule has 4 rings (SSSR count). The van der Waals surface area contributed by atoms with Gasteiger partial charge in [-0.05, 0) is 74.7 Å². The fourth-order valence-electron chi connectivity index (χ4n) is 4.40. The van der Waals surface area contributed by atoms with E-state index in [-0.39, 0.29) is 0 Å². The Bertz CT molecular complexity index is 661. The van der Waals surface area contributed by atoms with Gasteiger partial charge in [0.1, 0.15) is 11.5 Å². The van der Waals surface area contributed by atoms with E-state index in [2.05, 4.69) is 25.9 Å². The van der Waals surface area contributed by atoms with Crippen LogP contribution in [0.25, 0.3) is 11.4 Å². The lowest BCUT2D eigenvalue weighted by molar-refractivity contribution is 0.470. The number of anilines is 1. The van der Waals surface area contributed by atoms with Crippen LogP contribution in [-0.2, 0) is 7.05 Å². The van der Waals surface area contributed by atoms with Crippen molar-refractivity contribution in [2.75, 3.05) is 25.0 Å². The predicted octanol–water partition coefficient (Wildman–Crippen LogP) is 2.23. The van der Waals surface area contributed by atoms with Crippen LogP contribution in [-0.4, -0.2) is 39.6 Å². The monoisotopic (exact) mass is 326 g/mol. The fourth-order valence-corrected chi connectivity index (χ4v) is 4.40. The first-order chi connectivity index (χ1) is 11.7. The molecule has 1 aliphatic carbocycles. The Morgan fingerprint density at radius 1 is 1.21 bits per heavy atom. The van der Waals surface area contributed by atoms with Crippen molar-refractivity contribution in [2.45, 2.75) is 26.2 Å². The lowest BCUT2D eigenvalue weighted by atomic mass is 10.0. The summed E-state index contributed by atoms with van der Waals surface area (Å²) in [4.78, 5) is 0. The van der Waals surface area contributed by atoms with Gasteiger partial charge in [0.2, 0.25) is 0 Å². The molecule has 3 heterocycles. The second-order valence-corrected chi connectivity index (χ2v) is 7.33. The van der Waals surface area contributed by atoms with Gasteiger partial charge in [-0.2, -0.15) is 5.10 Å². The molecule has 1 saturated heterocycles. The molecule has 2 N–H and O–H groups in total. The van der Waals surface area contributed by atoms with Crippen LogP contribution < -0.4 is 10.6 Å². The summed E-state index contributed by atoms with van der Waals surface area (Å²) >= 11 is 0. The highest BCUT2D eigenvalue weighted by atomic mass is 15.3. The Morgan fingerprint density at radius 2 is 2.00 bits per heavy atom. The largest absolute Gasteiger partial charge is 0.369 e. The molecule has 2 aromatic rings. The highest BCUT2D eigenvalue weighted by Crippen LogP contribution is 2.39. The third-order valence-electron chi connectivity index (χ3n) is 5.64. The fraction of sp³-hybridized carbons (Fsp3) is 0.611. The molecule has 0 aromatic carbocycles. The summed E-state index contributed by atoms with van der Waals surface area (Å²) in [6.45, 7) is 5.49. The first-order valence-corrected chi connectivity index (χ1v) is 8.98. The minimum Gasteiger partial charge on any atom is -0.369 e. The molecular formula is C18H26N6. The van der Waals surface area contributed by atoms with E-state index in [1.54, 1.807) is 0 Å². The standard InChI is InChI=1S/C18H26N6/c1-12-9-21-24(2)18(12)16-3-4-17(23-22-16)20-6-5-13-7-14-10-19-11-15(14)8-13/h3-4,9,13-15,19H,5-8,10-11H2,1-2H3,(H,20,23)/t13?,14-,15+. The van der Waals surface area contributed by atoms with Crippen LogP contribution in [0.1, 0.15) is 24.8 Å². The van der Waals surface area contributed by atoms with Gasteiger partial charge in [0.25, 0.3) is 0 Å². The maximum absolute atomic E-state index is 4.36. The highest BCUT2D eigenvalue weighted by Gasteiger charge is 2.36. The van der Waals surface area contributed by atoms with E-state index < -0.39 is 0 Å². The topological polar surface area (TPSA) is 67.7 Å². The van der Waals surface area contributed by atoms with Gasteiger partial charge in [0.15, 0.2) is 0 Å². The normalized spacial score (nSPS) is 25.8. The summed E-state index contributed by atoms with van der Waals surface area (Å²) in [6, 6.07) is 4.03. The van der Waals surface area contributed by atoms with E-state index in [1.165, 1.54) is 32.4 Å². The quantitative estimate of drug-likeness (QED) is 0.882. The van der Waals surface area contributed by atoms with Gasteiger partial charge in [0.05, 0.1) is 11.9 Å². The van der Waals surface area contributed by atoms with Crippen molar-refractivity contribution in [3.63, 3.8) is 0 Å². The van der Waals surface area contributed by atoms with Gasteiger partial charge >= 0.3 is 0 Å². The first-order valence-electron chi connectivity index (χ1n) is 8.98. The molecule has 2 aromatic heterocycles. The average molecular weight is 326 g/mol. The van der Waals surface area contributed by atoms with E-state index >= 15 is 0 Å². The van der Waals surface area contributed by atoms with Gasteiger partial charge < -0.3 is 10.6 Å². The van der Waals surface area contributed by atoms with Crippen molar-refractivity contribution in [1.29, 1.82) is 0 Å². The van der Waals surface area contributed by atoms with Crippen molar-refractivity contribution in [1.82, 2.24) is 25.3 Å². The lowest BCUT2D eigenvalue weighted by Crippen LogP contribution is -2.14. The molecule has 1 aliphatic heterocycles. The van der Waals surface area contributed by atoms with Gasteiger partial charge in [-0.25, -0.2) is 0 Å². The van der Waals surface area contributed by atoms with Crippen LogP contribution in [0.2, 0.25) is 0 Å². The third kappa shape index (κ3) is 3.02. The Labute approximate surface area is 143 Å². The summed E-state index contributed by atoms with van der Waals surface area (Å²) in [5, 5.41) is 19.9. The Kier molecular flexibility index (Phi) is 4.22. The summed E-state index contributed by atoms with van der Waals surface area (Å²) in [7, 11) is 1.93. The number of rotatable bonds is 5. The molecule has 128 valence electrons. The number of aromatic nitrogens is 4. The second kappa shape index (κ2) is 6.51. The Hall–Kier alpha value is -1.95. The first kappa shape index (κ1) is 15.6. The lowest BCUT2D eigenvalue weighted by Gasteiger charge is -2.12. The maximum atomic E-state index is 4.36. The summed E-state index contributed by atoms with van der Waals surface area (Å²) < 4.78 is 1.85. The van der Waals surface area contributed by atoms with E-state index in [4.69, 9.17) is 0 Å². The van der Waals surface area contributed by atoms with Crippen molar-refractivity contribution < 1.29 is 0 Å². The molecule has 0 amide bonds. The van der Waals surface area contributed by atoms with Gasteiger partial charge in [-0.15, -0.1) is 10.2 Å². The zero-order valence-corrected chi connectivity index (χ0v) is 14.5. The highest BCUT2D eigenvalue weighted by molar-refractivity contribution is 5.59. The smallest absolute Gasteiger partial charge is 0.148 e. The van der Waals surface area contributed by atoms with Crippen molar-refractivity contribution in [2.24, 2.45) is 24.8 Å². The number of hydrogen-bond acceptors (Lipinski definition) is 5. The second-order valence-electron chi connectivity index (χ2n) is 7.33. The molecule has 1 saturated carbocycles. The molecule has 2 fully saturated rings. The van der Waals surface area contributed by atoms with Gasteiger partial charge in [-0.3, -0.25) is 4.68 Å².